The van der Waals surface area contributed by atoms with Crippen LogP contribution in [0.25, 0.3) is 0 Å². The molecule has 5 nitrogen and oxygen atoms in total. The van der Waals surface area contributed by atoms with E-state index in [1.807, 2.05) is 0 Å². The van der Waals surface area contributed by atoms with Gasteiger partial charge in [-0.3, -0.25) is 4.79 Å². The first-order chi connectivity index (χ1) is 8.74. The molecule has 100 valence electrons. The van der Waals surface area contributed by atoms with Crippen molar-refractivity contribution in [3.05, 3.63) is 22.7 Å². The van der Waals surface area contributed by atoms with Crippen molar-refractivity contribution < 1.29 is 0 Å². The van der Waals surface area contributed by atoms with Crippen LogP contribution in [0, 0.1) is 5.41 Å². The summed E-state index contributed by atoms with van der Waals surface area (Å²) in [6.45, 7) is 5.31. The fourth-order valence-electron chi connectivity index (χ4n) is 2.75. The number of anilines is 1. The fraction of sp³-hybridized carbons (Fsp3) is 0.692. The molecular weight excluding hydrogens is 228 g/mol. The molecule has 1 aromatic rings. The van der Waals surface area contributed by atoms with E-state index in [-0.39, 0.29) is 5.56 Å². The number of nitrogens with one attached hydrogen (secondary N) is 3. The van der Waals surface area contributed by atoms with Gasteiger partial charge in [0.25, 0.3) is 5.56 Å². The molecule has 0 unspecified atom stereocenters. The topological polar surface area (TPSA) is 69.8 Å². The number of rotatable bonds is 5. The van der Waals surface area contributed by atoms with Crippen LogP contribution < -0.4 is 16.2 Å². The molecule has 5 heteroatoms. The minimum atomic E-state index is -0.109. The number of hydrogen-bond acceptors (Lipinski definition) is 4. The van der Waals surface area contributed by atoms with Crippen LogP contribution in [-0.4, -0.2) is 29.6 Å². The van der Waals surface area contributed by atoms with Gasteiger partial charge in [-0.2, -0.15) is 0 Å². The van der Waals surface area contributed by atoms with E-state index in [1.54, 1.807) is 0 Å². The third-order valence-corrected chi connectivity index (χ3v) is 3.77. The van der Waals surface area contributed by atoms with E-state index < -0.39 is 0 Å². The van der Waals surface area contributed by atoms with Gasteiger partial charge in [0, 0.05) is 12.6 Å². The molecule has 1 aromatic heterocycles. The molecule has 1 saturated heterocycles. The highest BCUT2D eigenvalue weighted by atomic mass is 16.1. The van der Waals surface area contributed by atoms with E-state index in [2.05, 4.69) is 27.5 Å². The zero-order chi connectivity index (χ0) is 12.8. The van der Waals surface area contributed by atoms with Gasteiger partial charge in [-0.05, 0) is 37.8 Å². The predicted octanol–water partition coefficient (Wildman–Crippen LogP) is 1.35. The van der Waals surface area contributed by atoms with E-state index >= 15 is 0 Å². The molecule has 1 fully saturated rings. The zero-order valence-corrected chi connectivity index (χ0v) is 11.0. The Morgan fingerprint density at radius 2 is 2.22 bits per heavy atom. The predicted molar refractivity (Wildman–Crippen MR) is 72.8 cm³/mol. The number of aromatic amines is 1. The maximum Gasteiger partial charge on any atom is 0.252 e. The summed E-state index contributed by atoms with van der Waals surface area (Å²) in [6, 6.07) is 1.51. The van der Waals surface area contributed by atoms with Gasteiger partial charge in [-0.15, -0.1) is 0 Å². The van der Waals surface area contributed by atoms with Crippen molar-refractivity contribution in [1.82, 2.24) is 15.3 Å². The number of H-pyrrole nitrogens is 1. The highest BCUT2D eigenvalue weighted by Gasteiger charge is 2.30. The van der Waals surface area contributed by atoms with Crippen LogP contribution in [-0.2, 0) is 0 Å². The first-order valence-corrected chi connectivity index (χ1v) is 6.73. The van der Waals surface area contributed by atoms with Crippen LogP contribution in [0.15, 0.2) is 17.2 Å². The highest BCUT2D eigenvalue weighted by Crippen LogP contribution is 2.33. The molecular formula is C13H22N4O. The van der Waals surface area contributed by atoms with Crippen molar-refractivity contribution in [2.24, 2.45) is 5.41 Å². The Bertz CT molecular complexity index is 417. The average molecular weight is 250 g/mol. The van der Waals surface area contributed by atoms with Crippen LogP contribution in [0.4, 0.5) is 5.82 Å². The fourth-order valence-corrected chi connectivity index (χ4v) is 2.75. The monoisotopic (exact) mass is 250 g/mol. The standard InChI is InChI=1S/C13H22N4O/c1-2-3-13(4-6-14-7-5-13)9-15-11-8-12(18)17-10-16-11/h8,10,14H,2-7,9H2,1H3,(H2,15,16,17,18). The summed E-state index contributed by atoms with van der Waals surface area (Å²) >= 11 is 0. The van der Waals surface area contributed by atoms with Gasteiger partial charge in [-0.1, -0.05) is 13.3 Å². The van der Waals surface area contributed by atoms with Crippen molar-refractivity contribution in [3.8, 4) is 0 Å². The first kappa shape index (κ1) is 13.1. The number of nitrogens with zero attached hydrogens (tertiary/aromatic N) is 1. The lowest BCUT2D eigenvalue weighted by molar-refractivity contribution is 0.199. The molecule has 2 heterocycles. The Hall–Kier alpha value is -1.36. The summed E-state index contributed by atoms with van der Waals surface area (Å²) in [7, 11) is 0. The Kier molecular flexibility index (Phi) is 4.36. The summed E-state index contributed by atoms with van der Waals surface area (Å²) < 4.78 is 0. The van der Waals surface area contributed by atoms with Crippen LogP contribution in [0.5, 0.6) is 0 Å². The van der Waals surface area contributed by atoms with Gasteiger partial charge in [0.2, 0.25) is 0 Å². The lowest BCUT2D eigenvalue weighted by atomic mass is 9.75. The summed E-state index contributed by atoms with van der Waals surface area (Å²) in [5, 5.41) is 6.73. The SMILES string of the molecule is CCCC1(CNc2cc(=O)[nH]cn2)CCNCC1. The summed E-state index contributed by atoms with van der Waals surface area (Å²) in [4.78, 5) is 17.9. The maximum atomic E-state index is 11.2. The Balaban J connectivity index is 1.99. The van der Waals surface area contributed by atoms with E-state index in [4.69, 9.17) is 0 Å². The van der Waals surface area contributed by atoms with Crippen LogP contribution in [0.2, 0.25) is 0 Å². The summed E-state index contributed by atoms with van der Waals surface area (Å²) in [6.07, 6.45) is 6.25. The van der Waals surface area contributed by atoms with Gasteiger partial charge >= 0.3 is 0 Å². The second kappa shape index (κ2) is 6.00. The van der Waals surface area contributed by atoms with Crippen LogP contribution in [0.3, 0.4) is 0 Å². The average Bonchev–Trinajstić information content (AvgIpc) is 2.38. The lowest BCUT2D eigenvalue weighted by Crippen LogP contribution is -2.41. The quantitative estimate of drug-likeness (QED) is 0.738. The van der Waals surface area contributed by atoms with Crippen molar-refractivity contribution in [2.75, 3.05) is 25.0 Å². The second-order valence-corrected chi connectivity index (χ2v) is 5.15. The molecule has 1 aliphatic heterocycles. The third-order valence-electron chi connectivity index (χ3n) is 3.77. The van der Waals surface area contributed by atoms with Gasteiger partial charge in [-0.25, -0.2) is 4.98 Å². The second-order valence-electron chi connectivity index (χ2n) is 5.15. The van der Waals surface area contributed by atoms with Gasteiger partial charge in [0.15, 0.2) is 0 Å². The third kappa shape index (κ3) is 3.32. The molecule has 2 rings (SSSR count). The van der Waals surface area contributed by atoms with Crippen molar-refractivity contribution in [1.29, 1.82) is 0 Å². The molecule has 0 spiro atoms. The minimum Gasteiger partial charge on any atom is -0.369 e. The molecule has 0 bridgehead atoms. The van der Waals surface area contributed by atoms with Crippen molar-refractivity contribution in [3.63, 3.8) is 0 Å². The number of hydrogen-bond donors (Lipinski definition) is 3. The Morgan fingerprint density at radius 1 is 1.44 bits per heavy atom. The highest BCUT2D eigenvalue weighted by molar-refractivity contribution is 5.32. The molecule has 0 radical (unpaired) electrons. The largest absolute Gasteiger partial charge is 0.369 e. The lowest BCUT2D eigenvalue weighted by Gasteiger charge is -2.38. The smallest absolute Gasteiger partial charge is 0.252 e. The molecule has 1 aliphatic rings. The van der Waals surface area contributed by atoms with Gasteiger partial charge < -0.3 is 15.6 Å². The van der Waals surface area contributed by atoms with Crippen molar-refractivity contribution >= 4 is 5.82 Å². The summed E-state index contributed by atoms with van der Waals surface area (Å²) in [5.74, 6) is 0.674. The van der Waals surface area contributed by atoms with E-state index in [9.17, 15) is 4.79 Å². The minimum absolute atomic E-state index is 0.109. The molecule has 3 N–H and O–H groups in total. The van der Waals surface area contributed by atoms with Gasteiger partial charge in [0.05, 0.1) is 6.33 Å². The molecule has 0 saturated carbocycles. The van der Waals surface area contributed by atoms with E-state index in [0.717, 1.165) is 19.6 Å². The molecule has 0 amide bonds. The normalized spacial score (nSPS) is 18.5. The molecule has 18 heavy (non-hydrogen) atoms. The van der Waals surface area contributed by atoms with Crippen LogP contribution in [0.1, 0.15) is 32.6 Å². The zero-order valence-electron chi connectivity index (χ0n) is 11.0. The molecule has 0 aliphatic carbocycles. The molecule has 0 atom stereocenters. The van der Waals surface area contributed by atoms with Crippen molar-refractivity contribution in [2.45, 2.75) is 32.6 Å². The van der Waals surface area contributed by atoms with E-state index in [0.29, 0.717) is 11.2 Å². The van der Waals surface area contributed by atoms with E-state index in [1.165, 1.54) is 38.1 Å². The number of aromatic nitrogens is 2. The Morgan fingerprint density at radius 3 is 2.89 bits per heavy atom. The van der Waals surface area contributed by atoms with Gasteiger partial charge in [0.1, 0.15) is 5.82 Å². The Labute approximate surface area is 107 Å². The maximum absolute atomic E-state index is 11.2. The van der Waals surface area contributed by atoms with Crippen LogP contribution >= 0.6 is 0 Å². The summed E-state index contributed by atoms with van der Waals surface area (Å²) in [5.41, 5.74) is 0.243. The molecule has 0 aromatic carbocycles. The number of piperidine rings is 1. The first-order valence-electron chi connectivity index (χ1n) is 6.73.